The Hall–Kier alpha value is -2.64. The first kappa shape index (κ1) is 24.0. The quantitative estimate of drug-likeness (QED) is 0.357. The van der Waals surface area contributed by atoms with Crippen molar-refractivity contribution >= 4 is 44.1 Å². The summed E-state index contributed by atoms with van der Waals surface area (Å²) in [5.41, 5.74) is 2.84. The van der Waals surface area contributed by atoms with Crippen LogP contribution in [0.3, 0.4) is 0 Å². The summed E-state index contributed by atoms with van der Waals surface area (Å²) in [6, 6.07) is 15.3. The van der Waals surface area contributed by atoms with Crippen molar-refractivity contribution in [3.8, 4) is 16.9 Å². The van der Waals surface area contributed by atoms with E-state index in [-0.39, 0.29) is 24.5 Å². The van der Waals surface area contributed by atoms with Crippen LogP contribution in [-0.2, 0) is 14.9 Å². The number of carbonyl (C=O) groups excluding carboxylic acids is 2. The van der Waals surface area contributed by atoms with E-state index in [4.69, 9.17) is 9.47 Å². The van der Waals surface area contributed by atoms with Gasteiger partial charge in [0.05, 0.1) is 6.61 Å². The van der Waals surface area contributed by atoms with E-state index < -0.39 is 5.97 Å². The van der Waals surface area contributed by atoms with Gasteiger partial charge in [0.15, 0.2) is 6.61 Å². The van der Waals surface area contributed by atoms with Crippen LogP contribution in [-0.4, -0.2) is 25.1 Å². The molecule has 1 aromatic heterocycles. The lowest BCUT2D eigenvalue weighted by molar-refractivity contribution is -0.118. The van der Waals surface area contributed by atoms with E-state index in [1.165, 1.54) is 11.3 Å². The highest BCUT2D eigenvalue weighted by molar-refractivity contribution is 9.10. The first-order valence-electron chi connectivity index (χ1n) is 10.3. The zero-order valence-electron chi connectivity index (χ0n) is 18.5. The normalized spacial score (nSPS) is 11.2. The Labute approximate surface area is 200 Å². The molecule has 0 atom stereocenters. The Bertz CT molecular complexity index is 1100. The van der Waals surface area contributed by atoms with Crippen molar-refractivity contribution in [3.05, 3.63) is 69.5 Å². The van der Waals surface area contributed by atoms with Gasteiger partial charge in [0.2, 0.25) is 0 Å². The number of anilines is 1. The average Bonchev–Trinajstić information content (AvgIpc) is 3.16. The van der Waals surface area contributed by atoms with Crippen molar-refractivity contribution in [2.24, 2.45) is 0 Å². The summed E-state index contributed by atoms with van der Waals surface area (Å²) >= 11 is 4.71. The molecule has 5 nitrogen and oxygen atoms in total. The van der Waals surface area contributed by atoms with Crippen LogP contribution < -0.4 is 10.1 Å². The van der Waals surface area contributed by atoms with Gasteiger partial charge in [0.25, 0.3) is 5.91 Å². The van der Waals surface area contributed by atoms with Crippen LogP contribution >= 0.6 is 27.3 Å². The van der Waals surface area contributed by atoms with Crippen molar-refractivity contribution in [2.45, 2.75) is 33.1 Å². The van der Waals surface area contributed by atoms with Crippen LogP contribution in [0.25, 0.3) is 11.1 Å². The number of esters is 1. The van der Waals surface area contributed by atoms with Gasteiger partial charge < -0.3 is 14.8 Å². The summed E-state index contributed by atoms with van der Waals surface area (Å²) in [6.07, 6.45) is 0. The monoisotopic (exact) mass is 515 g/mol. The molecule has 1 amide bonds. The highest BCUT2D eigenvalue weighted by Crippen LogP contribution is 2.37. The molecular formula is C25H26BrNO4S. The molecule has 0 unspecified atom stereocenters. The SMILES string of the molecule is CCOC(=O)c1c(-c2ccc(Br)cc2)csc1NC(=O)COc1ccccc1C(C)(C)C. The molecule has 1 N–H and O–H groups in total. The lowest BCUT2D eigenvalue weighted by Gasteiger charge is -2.22. The topological polar surface area (TPSA) is 64.6 Å². The number of hydrogen-bond acceptors (Lipinski definition) is 5. The number of thiophene rings is 1. The predicted molar refractivity (Wildman–Crippen MR) is 133 cm³/mol. The maximum absolute atomic E-state index is 12.7. The Morgan fingerprint density at radius 3 is 2.41 bits per heavy atom. The molecule has 0 bridgehead atoms. The Balaban J connectivity index is 1.81. The molecule has 0 saturated carbocycles. The first-order valence-corrected chi connectivity index (χ1v) is 11.9. The minimum Gasteiger partial charge on any atom is -0.483 e. The average molecular weight is 516 g/mol. The van der Waals surface area contributed by atoms with Crippen molar-refractivity contribution in [1.82, 2.24) is 0 Å². The van der Waals surface area contributed by atoms with Gasteiger partial charge in [-0.15, -0.1) is 11.3 Å². The summed E-state index contributed by atoms with van der Waals surface area (Å²) in [7, 11) is 0. The first-order chi connectivity index (χ1) is 15.2. The van der Waals surface area contributed by atoms with Crippen molar-refractivity contribution in [1.29, 1.82) is 0 Å². The number of rotatable bonds is 7. The standard InChI is InChI=1S/C25H26BrNO4S/c1-5-30-24(29)22-18(16-10-12-17(26)13-11-16)15-32-23(22)27-21(28)14-31-20-9-7-6-8-19(20)25(2,3)4/h6-13,15H,5,14H2,1-4H3,(H,27,28). The largest absolute Gasteiger partial charge is 0.483 e. The lowest BCUT2D eigenvalue weighted by atomic mass is 9.86. The van der Waals surface area contributed by atoms with Gasteiger partial charge in [-0.05, 0) is 41.7 Å². The van der Waals surface area contributed by atoms with Gasteiger partial charge in [-0.3, -0.25) is 4.79 Å². The van der Waals surface area contributed by atoms with Crippen LogP contribution in [0.2, 0.25) is 0 Å². The third-order valence-corrected chi connectivity index (χ3v) is 6.16. The molecule has 3 rings (SSSR count). The second-order valence-electron chi connectivity index (χ2n) is 8.16. The maximum Gasteiger partial charge on any atom is 0.341 e. The predicted octanol–water partition coefficient (Wildman–Crippen LogP) is 6.67. The zero-order valence-corrected chi connectivity index (χ0v) is 20.9. The van der Waals surface area contributed by atoms with Gasteiger partial charge in [-0.1, -0.05) is 67.0 Å². The molecule has 0 fully saturated rings. The Kier molecular flexibility index (Phi) is 7.74. The minimum absolute atomic E-state index is 0.114. The van der Waals surface area contributed by atoms with E-state index in [1.807, 2.05) is 53.9 Å². The molecule has 1 heterocycles. The third-order valence-electron chi connectivity index (χ3n) is 4.73. The number of amides is 1. The number of para-hydroxylation sites is 1. The van der Waals surface area contributed by atoms with Crippen molar-refractivity contribution < 1.29 is 19.1 Å². The minimum atomic E-state index is -0.471. The smallest absolute Gasteiger partial charge is 0.341 e. The summed E-state index contributed by atoms with van der Waals surface area (Å²) in [5, 5.41) is 5.12. The van der Waals surface area contributed by atoms with Gasteiger partial charge in [0, 0.05) is 15.4 Å². The van der Waals surface area contributed by atoms with E-state index in [0.717, 1.165) is 21.2 Å². The van der Waals surface area contributed by atoms with E-state index >= 15 is 0 Å². The highest BCUT2D eigenvalue weighted by atomic mass is 79.9. The van der Waals surface area contributed by atoms with Gasteiger partial charge >= 0.3 is 5.97 Å². The molecule has 0 aliphatic carbocycles. The van der Waals surface area contributed by atoms with E-state index in [9.17, 15) is 9.59 Å². The molecule has 7 heteroatoms. The Morgan fingerprint density at radius 2 is 1.75 bits per heavy atom. The molecule has 0 saturated heterocycles. The van der Waals surface area contributed by atoms with Gasteiger partial charge in [-0.2, -0.15) is 0 Å². The summed E-state index contributed by atoms with van der Waals surface area (Å²) in [5.74, 6) is -0.146. The Morgan fingerprint density at radius 1 is 1.06 bits per heavy atom. The van der Waals surface area contributed by atoms with Gasteiger partial charge in [-0.25, -0.2) is 4.79 Å². The number of benzene rings is 2. The molecule has 0 aliphatic heterocycles. The van der Waals surface area contributed by atoms with Crippen molar-refractivity contribution in [2.75, 3.05) is 18.5 Å². The third kappa shape index (κ3) is 5.78. The fraction of sp³-hybridized carbons (Fsp3) is 0.280. The number of halogens is 1. The van der Waals surface area contributed by atoms with Gasteiger partial charge in [0.1, 0.15) is 16.3 Å². The van der Waals surface area contributed by atoms with E-state index in [1.54, 1.807) is 6.92 Å². The number of nitrogens with one attached hydrogen (secondary N) is 1. The van der Waals surface area contributed by atoms with Crippen LogP contribution in [0.15, 0.2) is 58.4 Å². The van der Waals surface area contributed by atoms with E-state index in [2.05, 4.69) is 42.0 Å². The zero-order chi connectivity index (χ0) is 23.3. The molecule has 168 valence electrons. The fourth-order valence-electron chi connectivity index (χ4n) is 3.22. The molecule has 0 aliphatic rings. The second-order valence-corrected chi connectivity index (χ2v) is 9.96. The molecular weight excluding hydrogens is 490 g/mol. The van der Waals surface area contributed by atoms with Crippen LogP contribution in [0.1, 0.15) is 43.6 Å². The van der Waals surface area contributed by atoms with Crippen LogP contribution in [0.5, 0.6) is 5.75 Å². The molecule has 3 aromatic rings. The number of carbonyl (C=O) groups is 2. The van der Waals surface area contributed by atoms with Crippen molar-refractivity contribution in [3.63, 3.8) is 0 Å². The van der Waals surface area contributed by atoms with Crippen LogP contribution in [0.4, 0.5) is 5.00 Å². The summed E-state index contributed by atoms with van der Waals surface area (Å²) < 4.78 is 12.0. The molecule has 0 radical (unpaired) electrons. The number of hydrogen-bond donors (Lipinski definition) is 1. The molecule has 32 heavy (non-hydrogen) atoms. The fourth-order valence-corrected chi connectivity index (χ4v) is 4.45. The summed E-state index contributed by atoms with van der Waals surface area (Å²) in [6.45, 7) is 8.11. The van der Waals surface area contributed by atoms with Crippen LogP contribution in [0, 0.1) is 0 Å². The summed E-state index contributed by atoms with van der Waals surface area (Å²) in [4.78, 5) is 25.4. The second kappa shape index (κ2) is 10.3. The maximum atomic E-state index is 12.7. The molecule has 0 spiro atoms. The van der Waals surface area contributed by atoms with E-state index in [0.29, 0.717) is 16.3 Å². The molecule has 2 aromatic carbocycles. The lowest BCUT2D eigenvalue weighted by Crippen LogP contribution is -2.22. The highest BCUT2D eigenvalue weighted by Gasteiger charge is 2.23. The number of ether oxygens (including phenoxy) is 2.